The quantitative estimate of drug-likeness (QED) is 0.897. The van der Waals surface area contributed by atoms with Gasteiger partial charge in [-0.25, -0.2) is 4.79 Å². The molecule has 2 saturated carbocycles. The summed E-state index contributed by atoms with van der Waals surface area (Å²) in [6.07, 6.45) is 12.0. The zero-order chi connectivity index (χ0) is 13.3. The highest BCUT2D eigenvalue weighted by atomic mass is 16.4. The van der Waals surface area contributed by atoms with Crippen molar-refractivity contribution in [2.45, 2.75) is 69.2 Å². The summed E-state index contributed by atoms with van der Waals surface area (Å²) in [6, 6.07) is 4.19. The molecule has 0 radical (unpaired) electrons. The van der Waals surface area contributed by atoms with Gasteiger partial charge in [-0.15, -0.1) is 0 Å². The van der Waals surface area contributed by atoms with E-state index < -0.39 is 11.5 Å². The fourth-order valence-electron chi connectivity index (χ4n) is 4.03. The van der Waals surface area contributed by atoms with E-state index in [1.54, 1.807) is 0 Å². The molecule has 2 aliphatic rings. The lowest BCUT2D eigenvalue weighted by Crippen LogP contribution is -2.40. The maximum absolute atomic E-state index is 11.8. The fourth-order valence-corrected chi connectivity index (χ4v) is 4.03. The van der Waals surface area contributed by atoms with Crippen molar-refractivity contribution in [1.29, 1.82) is 0 Å². The molecule has 3 rings (SSSR count). The van der Waals surface area contributed by atoms with Crippen LogP contribution in [0.3, 0.4) is 0 Å². The molecule has 2 fully saturated rings. The minimum Gasteiger partial charge on any atom is -0.479 e. The van der Waals surface area contributed by atoms with Gasteiger partial charge in [-0.3, -0.25) is 0 Å². The monoisotopic (exact) mass is 261 g/mol. The molecule has 0 amide bonds. The molecule has 3 heteroatoms. The van der Waals surface area contributed by atoms with Crippen LogP contribution >= 0.6 is 0 Å². The van der Waals surface area contributed by atoms with E-state index >= 15 is 0 Å². The number of carbonyl (C=O) groups is 1. The second-order valence-electron chi connectivity index (χ2n) is 6.18. The summed E-state index contributed by atoms with van der Waals surface area (Å²) in [6.45, 7) is 0. The van der Waals surface area contributed by atoms with Gasteiger partial charge in [0.1, 0.15) is 5.54 Å². The highest BCUT2D eigenvalue weighted by Gasteiger charge is 2.44. The van der Waals surface area contributed by atoms with Crippen molar-refractivity contribution in [3.05, 3.63) is 24.0 Å². The first-order valence-electron chi connectivity index (χ1n) is 7.65. The molecule has 1 heterocycles. The Balaban J connectivity index is 1.96. The maximum atomic E-state index is 11.8. The van der Waals surface area contributed by atoms with Crippen molar-refractivity contribution in [3.8, 4) is 0 Å². The molecule has 19 heavy (non-hydrogen) atoms. The van der Waals surface area contributed by atoms with Gasteiger partial charge in [0.05, 0.1) is 0 Å². The van der Waals surface area contributed by atoms with Crippen molar-refractivity contribution in [2.75, 3.05) is 0 Å². The number of aliphatic carboxylic acids is 1. The zero-order valence-corrected chi connectivity index (χ0v) is 11.5. The summed E-state index contributed by atoms with van der Waals surface area (Å²) < 4.78 is 2.11. The van der Waals surface area contributed by atoms with E-state index in [0.29, 0.717) is 5.92 Å². The Morgan fingerprint density at radius 1 is 1.16 bits per heavy atom. The van der Waals surface area contributed by atoms with Crippen molar-refractivity contribution in [3.63, 3.8) is 0 Å². The average Bonchev–Trinajstić information content (AvgIpc) is 3.09. The Labute approximate surface area is 114 Å². The Kier molecular flexibility index (Phi) is 3.38. The van der Waals surface area contributed by atoms with E-state index in [1.807, 2.05) is 12.3 Å². The van der Waals surface area contributed by atoms with Gasteiger partial charge in [0, 0.05) is 11.9 Å². The van der Waals surface area contributed by atoms with Crippen LogP contribution in [0.1, 0.15) is 69.4 Å². The smallest absolute Gasteiger partial charge is 0.329 e. The number of hydrogen-bond donors (Lipinski definition) is 1. The number of carboxylic acids is 1. The first-order chi connectivity index (χ1) is 9.24. The molecule has 0 saturated heterocycles. The van der Waals surface area contributed by atoms with Gasteiger partial charge < -0.3 is 9.67 Å². The molecule has 104 valence electrons. The predicted molar refractivity (Wildman–Crippen MR) is 74.3 cm³/mol. The highest BCUT2D eigenvalue weighted by Crippen LogP contribution is 2.41. The van der Waals surface area contributed by atoms with Crippen molar-refractivity contribution in [2.24, 2.45) is 0 Å². The molecule has 1 aromatic rings. The largest absolute Gasteiger partial charge is 0.479 e. The SMILES string of the molecule is O=C(O)C1(n2cccc2C2CCCCC2)CCCC1. The molecule has 3 nitrogen and oxygen atoms in total. The van der Waals surface area contributed by atoms with E-state index in [9.17, 15) is 9.90 Å². The summed E-state index contributed by atoms with van der Waals surface area (Å²) in [5, 5.41) is 9.74. The van der Waals surface area contributed by atoms with Crippen LogP contribution < -0.4 is 0 Å². The van der Waals surface area contributed by atoms with Crippen LogP contribution in [0.5, 0.6) is 0 Å². The highest BCUT2D eigenvalue weighted by molar-refractivity contribution is 5.77. The Morgan fingerprint density at radius 2 is 1.84 bits per heavy atom. The van der Waals surface area contributed by atoms with Gasteiger partial charge >= 0.3 is 5.97 Å². The van der Waals surface area contributed by atoms with E-state index in [2.05, 4.69) is 10.6 Å². The second kappa shape index (κ2) is 5.03. The molecular formula is C16H23NO2. The molecule has 0 aliphatic heterocycles. The molecular weight excluding hydrogens is 238 g/mol. The fraction of sp³-hybridized carbons (Fsp3) is 0.688. The van der Waals surface area contributed by atoms with E-state index in [-0.39, 0.29) is 0 Å². The third-order valence-electron chi connectivity index (χ3n) is 5.09. The van der Waals surface area contributed by atoms with Crippen molar-refractivity contribution in [1.82, 2.24) is 4.57 Å². The van der Waals surface area contributed by atoms with Crippen LogP contribution in [-0.4, -0.2) is 15.6 Å². The predicted octanol–water partition coefficient (Wildman–Crippen LogP) is 3.89. The molecule has 0 atom stereocenters. The van der Waals surface area contributed by atoms with Crippen molar-refractivity contribution >= 4 is 5.97 Å². The number of hydrogen-bond acceptors (Lipinski definition) is 1. The normalized spacial score (nSPS) is 23.6. The van der Waals surface area contributed by atoms with Crippen molar-refractivity contribution < 1.29 is 9.90 Å². The van der Waals surface area contributed by atoms with Gasteiger partial charge in [-0.1, -0.05) is 32.1 Å². The molecule has 0 aromatic carbocycles. The number of aromatic nitrogens is 1. The first kappa shape index (κ1) is 12.8. The Morgan fingerprint density at radius 3 is 2.47 bits per heavy atom. The standard InChI is InChI=1S/C16H23NO2/c18-15(19)16(10-4-5-11-16)17-12-6-9-14(17)13-7-2-1-3-8-13/h6,9,12-13H,1-5,7-8,10-11H2,(H,18,19). The summed E-state index contributed by atoms with van der Waals surface area (Å²) in [4.78, 5) is 11.8. The Hall–Kier alpha value is -1.25. The number of rotatable bonds is 3. The van der Waals surface area contributed by atoms with E-state index in [1.165, 1.54) is 37.8 Å². The van der Waals surface area contributed by atoms with Gasteiger partial charge in [0.15, 0.2) is 0 Å². The second-order valence-corrected chi connectivity index (χ2v) is 6.18. The summed E-state index contributed by atoms with van der Waals surface area (Å²) in [7, 11) is 0. The maximum Gasteiger partial charge on any atom is 0.329 e. The molecule has 1 N–H and O–H groups in total. The van der Waals surface area contributed by atoms with E-state index in [0.717, 1.165) is 25.7 Å². The summed E-state index contributed by atoms with van der Waals surface area (Å²) in [5.41, 5.74) is 0.611. The Bertz CT molecular complexity index is 451. The molecule has 1 aromatic heterocycles. The van der Waals surface area contributed by atoms with E-state index in [4.69, 9.17) is 0 Å². The molecule has 0 bridgehead atoms. The molecule has 0 spiro atoms. The third-order valence-corrected chi connectivity index (χ3v) is 5.09. The number of nitrogens with zero attached hydrogens (tertiary/aromatic N) is 1. The van der Waals surface area contributed by atoms with Crippen LogP contribution in [-0.2, 0) is 10.3 Å². The third kappa shape index (κ3) is 2.09. The van der Waals surface area contributed by atoms with Crippen LogP contribution in [0.15, 0.2) is 18.3 Å². The minimum absolute atomic E-state index is 0.570. The van der Waals surface area contributed by atoms with Gasteiger partial charge in [-0.05, 0) is 43.7 Å². The van der Waals surface area contributed by atoms with Crippen LogP contribution in [0.4, 0.5) is 0 Å². The minimum atomic E-state index is -0.656. The lowest BCUT2D eigenvalue weighted by atomic mass is 9.86. The topological polar surface area (TPSA) is 42.2 Å². The van der Waals surface area contributed by atoms with Crippen LogP contribution in [0, 0.1) is 0 Å². The first-order valence-corrected chi connectivity index (χ1v) is 7.65. The number of carboxylic acid groups (broad SMARTS) is 1. The average molecular weight is 261 g/mol. The molecule has 0 unspecified atom stereocenters. The zero-order valence-electron chi connectivity index (χ0n) is 11.5. The van der Waals surface area contributed by atoms with Gasteiger partial charge in [-0.2, -0.15) is 0 Å². The van der Waals surface area contributed by atoms with Crippen LogP contribution in [0.25, 0.3) is 0 Å². The summed E-state index contributed by atoms with van der Waals surface area (Å²) >= 11 is 0. The lowest BCUT2D eigenvalue weighted by molar-refractivity contribution is -0.147. The van der Waals surface area contributed by atoms with Crippen LogP contribution in [0.2, 0.25) is 0 Å². The summed E-state index contributed by atoms with van der Waals surface area (Å²) in [5.74, 6) is -0.0705. The molecule has 2 aliphatic carbocycles. The lowest BCUT2D eigenvalue weighted by Gasteiger charge is -2.32. The van der Waals surface area contributed by atoms with Gasteiger partial charge in [0.25, 0.3) is 0 Å². The van der Waals surface area contributed by atoms with Gasteiger partial charge in [0.2, 0.25) is 0 Å².